The van der Waals surface area contributed by atoms with Crippen LogP contribution in [0.4, 0.5) is 10.1 Å². The predicted molar refractivity (Wildman–Crippen MR) is 59.6 cm³/mol. The summed E-state index contributed by atoms with van der Waals surface area (Å²) in [6.07, 6.45) is -0.187. The molecule has 1 atom stereocenters. The highest BCUT2D eigenvalue weighted by Gasteiger charge is 2.03. The predicted octanol–water partition coefficient (Wildman–Crippen LogP) is 3.46. The lowest BCUT2D eigenvalue weighted by molar-refractivity contribution is 0.340. The van der Waals surface area contributed by atoms with Crippen molar-refractivity contribution in [2.75, 3.05) is 11.9 Å². The topological polar surface area (TPSA) is 12.0 Å². The van der Waals surface area contributed by atoms with Crippen molar-refractivity contribution in [1.29, 1.82) is 0 Å². The smallest absolute Gasteiger partial charge is 0.117 e. The molecule has 0 saturated carbocycles. The van der Waals surface area contributed by atoms with Gasteiger partial charge < -0.3 is 5.32 Å². The van der Waals surface area contributed by atoms with Crippen LogP contribution in [0.25, 0.3) is 0 Å². The maximum absolute atomic E-state index is 13.0. The lowest BCUT2D eigenvalue weighted by atomic mass is 10.1. The summed E-state index contributed by atoms with van der Waals surface area (Å²) in [6.45, 7) is 6.35. The number of halogens is 1. The molecule has 0 aromatic heterocycles. The first-order valence-electron chi connectivity index (χ1n) is 5.08. The maximum Gasteiger partial charge on any atom is 0.117 e. The summed E-state index contributed by atoms with van der Waals surface area (Å²) >= 11 is 0. The van der Waals surface area contributed by atoms with Crippen LogP contribution in [0.1, 0.15) is 24.5 Å². The summed E-state index contributed by atoms with van der Waals surface area (Å²) in [7, 11) is 0. The van der Waals surface area contributed by atoms with Crippen LogP contribution in [0.2, 0.25) is 0 Å². The van der Waals surface area contributed by atoms with Crippen molar-refractivity contribution in [1.82, 2.24) is 0 Å². The lowest BCUT2D eigenvalue weighted by Crippen LogP contribution is -2.14. The van der Waals surface area contributed by atoms with E-state index in [0.29, 0.717) is 13.0 Å². The fourth-order valence-electron chi connectivity index (χ4n) is 1.38. The molecule has 0 spiro atoms. The molecule has 2 heteroatoms. The van der Waals surface area contributed by atoms with Crippen LogP contribution < -0.4 is 5.32 Å². The van der Waals surface area contributed by atoms with E-state index in [1.807, 2.05) is 26.0 Å². The van der Waals surface area contributed by atoms with Gasteiger partial charge in [0.1, 0.15) is 6.17 Å². The van der Waals surface area contributed by atoms with E-state index in [1.54, 1.807) is 0 Å². The van der Waals surface area contributed by atoms with E-state index in [0.717, 1.165) is 5.69 Å². The standard InChI is InChI=1S/C12H18FN/c1-4-11(13)8-14-12-6-5-9(2)7-10(12)3/h5-7,11,14H,4,8H2,1-3H3. The number of hydrogen-bond acceptors (Lipinski definition) is 1. The first-order valence-corrected chi connectivity index (χ1v) is 5.08. The molecule has 78 valence electrons. The Hall–Kier alpha value is -1.05. The number of rotatable bonds is 4. The third kappa shape index (κ3) is 3.02. The normalized spacial score (nSPS) is 12.6. The van der Waals surface area contributed by atoms with Gasteiger partial charge in [-0.15, -0.1) is 0 Å². The average Bonchev–Trinajstić information content (AvgIpc) is 2.16. The van der Waals surface area contributed by atoms with Gasteiger partial charge in [0.2, 0.25) is 0 Å². The van der Waals surface area contributed by atoms with Crippen molar-refractivity contribution in [3.63, 3.8) is 0 Å². The molecule has 0 fully saturated rings. The van der Waals surface area contributed by atoms with Crippen molar-refractivity contribution in [2.24, 2.45) is 0 Å². The number of benzene rings is 1. The summed E-state index contributed by atoms with van der Waals surface area (Å²) in [4.78, 5) is 0. The molecule has 1 aromatic carbocycles. The fraction of sp³-hybridized carbons (Fsp3) is 0.500. The highest BCUT2D eigenvalue weighted by atomic mass is 19.1. The zero-order chi connectivity index (χ0) is 10.6. The van der Waals surface area contributed by atoms with Crippen molar-refractivity contribution in [3.8, 4) is 0 Å². The zero-order valence-electron chi connectivity index (χ0n) is 9.10. The van der Waals surface area contributed by atoms with Crippen LogP contribution >= 0.6 is 0 Å². The molecule has 0 radical (unpaired) electrons. The van der Waals surface area contributed by atoms with Gasteiger partial charge in [-0.3, -0.25) is 0 Å². The van der Waals surface area contributed by atoms with Crippen LogP contribution in [-0.4, -0.2) is 12.7 Å². The Morgan fingerprint density at radius 2 is 2.07 bits per heavy atom. The summed E-state index contributed by atoms with van der Waals surface area (Å²) in [5, 5.41) is 3.12. The highest BCUT2D eigenvalue weighted by Crippen LogP contribution is 2.16. The van der Waals surface area contributed by atoms with E-state index >= 15 is 0 Å². The van der Waals surface area contributed by atoms with Crippen molar-refractivity contribution < 1.29 is 4.39 Å². The number of alkyl halides is 1. The zero-order valence-corrected chi connectivity index (χ0v) is 9.10. The molecule has 1 rings (SSSR count). The first-order chi connectivity index (χ1) is 6.63. The largest absolute Gasteiger partial charge is 0.382 e. The molecule has 1 aromatic rings. The number of nitrogens with one attached hydrogen (secondary N) is 1. The average molecular weight is 195 g/mol. The molecule has 0 amide bonds. The molecule has 14 heavy (non-hydrogen) atoms. The minimum Gasteiger partial charge on any atom is -0.382 e. The van der Waals surface area contributed by atoms with Gasteiger partial charge in [0, 0.05) is 12.2 Å². The third-order valence-corrected chi connectivity index (χ3v) is 2.34. The molecule has 0 heterocycles. The fourth-order valence-corrected chi connectivity index (χ4v) is 1.38. The van der Waals surface area contributed by atoms with Gasteiger partial charge in [-0.1, -0.05) is 24.6 Å². The molecule has 1 nitrogen and oxygen atoms in total. The molecule has 1 unspecified atom stereocenters. The third-order valence-electron chi connectivity index (χ3n) is 2.34. The second-order valence-electron chi connectivity index (χ2n) is 3.70. The minimum absolute atomic E-state index is 0.403. The Labute approximate surface area is 85.3 Å². The minimum atomic E-state index is -0.754. The number of hydrogen-bond donors (Lipinski definition) is 1. The second-order valence-corrected chi connectivity index (χ2v) is 3.70. The number of anilines is 1. The lowest BCUT2D eigenvalue weighted by Gasteiger charge is -2.11. The van der Waals surface area contributed by atoms with Gasteiger partial charge in [0.05, 0.1) is 0 Å². The van der Waals surface area contributed by atoms with E-state index in [4.69, 9.17) is 0 Å². The maximum atomic E-state index is 13.0. The Bertz CT molecular complexity index is 296. The van der Waals surface area contributed by atoms with Crippen molar-refractivity contribution >= 4 is 5.69 Å². The van der Waals surface area contributed by atoms with Gasteiger partial charge in [-0.05, 0) is 31.9 Å². The Morgan fingerprint density at radius 3 is 2.64 bits per heavy atom. The quantitative estimate of drug-likeness (QED) is 0.775. The van der Waals surface area contributed by atoms with E-state index < -0.39 is 6.17 Å². The summed E-state index contributed by atoms with van der Waals surface area (Å²) in [6, 6.07) is 6.14. The Kier molecular flexibility index (Phi) is 3.93. The van der Waals surface area contributed by atoms with Crippen LogP contribution in [-0.2, 0) is 0 Å². The van der Waals surface area contributed by atoms with Crippen LogP contribution in [0.15, 0.2) is 18.2 Å². The van der Waals surface area contributed by atoms with Crippen LogP contribution in [0.3, 0.4) is 0 Å². The van der Waals surface area contributed by atoms with Gasteiger partial charge in [0.15, 0.2) is 0 Å². The monoisotopic (exact) mass is 195 g/mol. The van der Waals surface area contributed by atoms with E-state index in [2.05, 4.69) is 18.3 Å². The summed E-state index contributed by atoms with van der Waals surface area (Å²) in [5.74, 6) is 0. The second kappa shape index (κ2) is 4.99. The van der Waals surface area contributed by atoms with E-state index in [9.17, 15) is 4.39 Å². The molecule has 0 aliphatic rings. The van der Waals surface area contributed by atoms with Crippen molar-refractivity contribution in [2.45, 2.75) is 33.4 Å². The number of aryl methyl sites for hydroxylation is 2. The summed E-state index contributed by atoms with van der Waals surface area (Å²) < 4.78 is 13.0. The first kappa shape index (κ1) is 11.0. The van der Waals surface area contributed by atoms with Gasteiger partial charge in [0.25, 0.3) is 0 Å². The van der Waals surface area contributed by atoms with E-state index in [1.165, 1.54) is 11.1 Å². The molecule has 0 bridgehead atoms. The van der Waals surface area contributed by atoms with Gasteiger partial charge >= 0.3 is 0 Å². The highest BCUT2D eigenvalue weighted by molar-refractivity contribution is 5.51. The van der Waals surface area contributed by atoms with Crippen LogP contribution in [0, 0.1) is 13.8 Å². The molecular weight excluding hydrogens is 177 g/mol. The van der Waals surface area contributed by atoms with Crippen LogP contribution in [0.5, 0.6) is 0 Å². The van der Waals surface area contributed by atoms with Crippen molar-refractivity contribution in [3.05, 3.63) is 29.3 Å². The molecule has 0 saturated heterocycles. The summed E-state index contributed by atoms with van der Waals surface area (Å²) in [5.41, 5.74) is 3.44. The molecule has 0 aliphatic carbocycles. The Balaban J connectivity index is 2.59. The molecule has 0 aliphatic heterocycles. The van der Waals surface area contributed by atoms with Gasteiger partial charge in [-0.2, -0.15) is 0 Å². The SMILES string of the molecule is CCC(F)CNc1ccc(C)cc1C. The van der Waals surface area contributed by atoms with E-state index in [-0.39, 0.29) is 0 Å². The Morgan fingerprint density at radius 1 is 1.36 bits per heavy atom. The van der Waals surface area contributed by atoms with Gasteiger partial charge in [-0.25, -0.2) is 4.39 Å². The molecule has 1 N–H and O–H groups in total. The molecular formula is C12H18FN.